The Morgan fingerprint density at radius 3 is 2.95 bits per heavy atom. The first-order valence-electron chi connectivity index (χ1n) is 6.77. The van der Waals surface area contributed by atoms with Crippen molar-refractivity contribution in [2.75, 3.05) is 11.9 Å². The van der Waals surface area contributed by atoms with Gasteiger partial charge >= 0.3 is 0 Å². The van der Waals surface area contributed by atoms with E-state index in [2.05, 4.69) is 38.5 Å². The van der Waals surface area contributed by atoms with Crippen molar-refractivity contribution in [1.82, 2.24) is 10.3 Å². The van der Waals surface area contributed by atoms with Gasteiger partial charge in [0.15, 0.2) is 0 Å². The summed E-state index contributed by atoms with van der Waals surface area (Å²) in [5, 5.41) is 6.31. The topological polar surface area (TPSA) is 54.0 Å². The Labute approximate surface area is 122 Å². The van der Waals surface area contributed by atoms with Crippen molar-refractivity contribution in [3.05, 3.63) is 22.3 Å². The third-order valence-electron chi connectivity index (χ3n) is 3.62. The minimum Gasteiger partial charge on any atom is -0.309 e. The highest BCUT2D eigenvalue weighted by molar-refractivity contribution is 9.10. The van der Waals surface area contributed by atoms with Crippen molar-refractivity contribution >= 4 is 27.7 Å². The van der Waals surface area contributed by atoms with E-state index in [1.54, 1.807) is 0 Å². The van der Waals surface area contributed by atoms with Gasteiger partial charge in [0.05, 0.1) is 11.2 Å². The van der Waals surface area contributed by atoms with Gasteiger partial charge < -0.3 is 10.6 Å². The summed E-state index contributed by atoms with van der Waals surface area (Å²) >= 11 is 3.41. The lowest BCUT2D eigenvalue weighted by atomic mass is 9.91. The highest BCUT2D eigenvalue weighted by Gasteiger charge is 2.39. The highest BCUT2D eigenvalue weighted by atomic mass is 79.9. The molecular formula is C14H20BrN3O. The Bertz CT molecular complexity index is 470. The van der Waals surface area contributed by atoms with Crippen LogP contribution < -0.4 is 10.6 Å². The van der Waals surface area contributed by atoms with Crippen LogP contribution in [0, 0.1) is 6.92 Å². The van der Waals surface area contributed by atoms with Crippen LogP contribution in [0.5, 0.6) is 0 Å². The molecule has 1 fully saturated rings. The number of nitrogens with one attached hydrogen (secondary N) is 2. The Balaban J connectivity index is 2.12. The molecule has 1 aromatic rings. The lowest BCUT2D eigenvalue weighted by Crippen LogP contribution is -2.50. The maximum absolute atomic E-state index is 12.5. The maximum atomic E-state index is 12.5. The summed E-state index contributed by atoms with van der Waals surface area (Å²) in [5.41, 5.74) is 0.471. The number of carbonyl (C=O) groups excluding carboxylic acids is 1. The second-order valence-electron chi connectivity index (χ2n) is 5.08. The third-order valence-corrected chi connectivity index (χ3v) is 4.46. The van der Waals surface area contributed by atoms with Gasteiger partial charge in [-0.25, -0.2) is 4.98 Å². The standard InChI is InChI=1S/C14H20BrN3O/c1-3-7-14(8-4-9-16-14)13(19)18-12-6-5-11(15)10(2)17-12/h5-6,16H,3-4,7-9H2,1-2H3,(H,17,18,19). The first kappa shape index (κ1) is 14.5. The zero-order chi connectivity index (χ0) is 13.9. The maximum Gasteiger partial charge on any atom is 0.245 e. The molecule has 0 saturated carbocycles. The van der Waals surface area contributed by atoms with E-state index in [4.69, 9.17) is 0 Å². The molecule has 1 unspecified atom stereocenters. The lowest BCUT2D eigenvalue weighted by Gasteiger charge is -2.27. The number of anilines is 1. The molecule has 4 nitrogen and oxygen atoms in total. The predicted octanol–water partition coefficient (Wildman–Crippen LogP) is 3.01. The fourth-order valence-corrected chi connectivity index (χ4v) is 2.82. The van der Waals surface area contributed by atoms with Crippen LogP contribution in [0.25, 0.3) is 0 Å². The van der Waals surface area contributed by atoms with Crippen molar-refractivity contribution in [2.45, 2.75) is 45.1 Å². The second kappa shape index (κ2) is 6.01. The molecule has 0 aliphatic carbocycles. The third kappa shape index (κ3) is 3.15. The number of halogens is 1. The smallest absolute Gasteiger partial charge is 0.245 e. The number of carbonyl (C=O) groups is 1. The van der Waals surface area contributed by atoms with Gasteiger partial charge in [-0.1, -0.05) is 13.3 Å². The van der Waals surface area contributed by atoms with E-state index in [1.807, 2.05) is 19.1 Å². The minimum absolute atomic E-state index is 0.0427. The minimum atomic E-state index is -0.405. The van der Waals surface area contributed by atoms with Gasteiger partial charge in [-0.2, -0.15) is 0 Å². The molecule has 0 aromatic carbocycles. The fourth-order valence-electron chi connectivity index (χ4n) is 2.60. The zero-order valence-electron chi connectivity index (χ0n) is 11.4. The van der Waals surface area contributed by atoms with Crippen LogP contribution in [-0.4, -0.2) is 23.0 Å². The molecule has 0 bridgehead atoms. The average Bonchev–Trinajstić information content (AvgIpc) is 2.84. The van der Waals surface area contributed by atoms with Crippen molar-refractivity contribution in [2.24, 2.45) is 0 Å². The largest absolute Gasteiger partial charge is 0.309 e. The van der Waals surface area contributed by atoms with Crippen molar-refractivity contribution in [3.63, 3.8) is 0 Å². The SMILES string of the molecule is CCCC1(C(=O)Nc2ccc(Br)c(C)n2)CCCN1. The van der Waals surface area contributed by atoms with Crippen LogP contribution in [0.15, 0.2) is 16.6 Å². The summed E-state index contributed by atoms with van der Waals surface area (Å²) in [7, 11) is 0. The first-order chi connectivity index (χ1) is 9.07. The lowest BCUT2D eigenvalue weighted by molar-refractivity contribution is -0.122. The van der Waals surface area contributed by atoms with Crippen LogP contribution >= 0.6 is 15.9 Å². The molecule has 1 saturated heterocycles. The molecule has 2 heterocycles. The Hall–Kier alpha value is -0.940. The predicted molar refractivity (Wildman–Crippen MR) is 80.2 cm³/mol. The molecule has 104 valence electrons. The monoisotopic (exact) mass is 325 g/mol. The van der Waals surface area contributed by atoms with Crippen molar-refractivity contribution in [3.8, 4) is 0 Å². The van der Waals surface area contributed by atoms with Gasteiger partial charge in [0.2, 0.25) is 5.91 Å². The molecular weight excluding hydrogens is 306 g/mol. The van der Waals surface area contributed by atoms with Gasteiger partial charge in [0.25, 0.3) is 0 Å². The van der Waals surface area contributed by atoms with Crippen LogP contribution in [-0.2, 0) is 4.79 Å². The molecule has 5 heteroatoms. The van der Waals surface area contributed by atoms with Gasteiger partial charge in [-0.15, -0.1) is 0 Å². The number of hydrogen-bond donors (Lipinski definition) is 2. The second-order valence-corrected chi connectivity index (χ2v) is 5.93. The van der Waals surface area contributed by atoms with E-state index in [-0.39, 0.29) is 5.91 Å². The van der Waals surface area contributed by atoms with E-state index in [1.165, 1.54) is 0 Å². The summed E-state index contributed by atoms with van der Waals surface area (Å²) in [6.45, 7) is 4.94. The summed E-state index contributed by atoms with van der Waals surface area (Å²) in [5.74, 6) is 0.663. The van der Waals surface area contributed by atoms with Crippen LogP contribution in [0.2, 0.25) is 0 Å². The average molecular weight is 326 g/mol. The van der Waals surface area contributed by atoms with Crippen LogP contribution in [0.4, 0.5) is 5.82 Å². The van der Waals surface area contributed by atoms with Crippen molar-refractivity contribution in [1.29, 1.82) is 0 Å². The Kier molecular flexibility index (Phi) is 4.58. The number of nitrogens with zero attached hydrogens (tertiary/aromatic N) is 1. The summed E-state index contributed by atoms with van der Waals surface area (Å²) in [4.78, 5) is 16.9. The fraction of sp³-hybridized carbons (Fsp3) is 0.571. The van der Waals surface area contributed by atoms with Gasteiger partial charge in [-0.3, -0.25) is 4.79 Å². The Morgan fingerprint density at radius 2 is 2.37 bits per heavy atom. The highest BCUT2D eigenvalue weighted by Crippen LogP contribution is 2.26. The van der Waals surface area contributed by atoms with Crippen molar-refractivity contribution < 1.29 is 4.79 Å². The summed E-state index contributed by atoms with van der Waals surface area (Å²) in [6, 6.07) is 3.73. The molecule has 1 aliphatic heterocycles. The molecule has 1 atom stereocenters. The number of amides is 1. The zero-order valence-corrected chi connectivity index (χ0v) is 13.0. The van der Waals surface area contributed by atoms with E-state index in [0.717, 1.165) is 42.4 Å². The molecule has 1 aromatic heterocycles. The molecule has 19 heavy (non-hydrogen) atoms. The van der Waals surface area contributed by atoms with Gasteiger partial charge in [0, 0.05) is 4.47 Å². The number of rotatable bonds is 4. The Morgan fingerprint density at radius 1 is 1.58 bits per heavy atom. The normalized spacial score (nSPS) is 22.5. The summed E-state index contributed by atoms with van der Waals surface area (Å²) in [6.07, 6.45) is 3.82. The number of aromatic nitrogens is 1. The summed E-state index contributed by atoms with van der Waals surface area (Å²) < 4.78 is 0.952. The number of hydrogen-bond acceptors (Lipinski definition) is 3. The molecule has 2 rings (SSSR count). The quantitative estimate of drug-likeness (QED) is 0.894. The van der Waals surface area contributed by atoms with E-state index in [9.17, 15) is 4.79 Å². The first-order valence-corrected chi connectivity index (χ1v) is 7.56. The molecule has 1 aliphatic rings. The number of aryl methyl sites for hydroxylation is 1. The molecule has 0 spiro atoms. The van der Waals surface area contributed by atoms with Gasteiger partial charge in [-0.05, 0) is 60.8 Å². The van der Waals surface area contributed by atoms with E-state index in [0.29, 0.717) is 5.82 Å². The van der Waals surface area contributed by atoms with Crippen LogP contribution in [0.3, 0.4) is 0 Å². The number of pyridine rings is 1. The molecule has 1 amide bonds. The van der Waals surface area contributed by atoms with Crippen LogP contribution in [0.1, 0.15) is 38.3 Å². The molecule has 0 radical (unpaired) electrons. The van der Waals surface area contributed by atoms with Gasteiger partial charge in [0.1, 0.15) is 5.82 Å². The van der Waals surface area contributed by atoms with E-state index >= 15 is 0 Å². The molecule has 2 N–H and O–H groups in total. The van der Waals surface area contributed by atoms with E-state index < -0.39 is 5.54 Å².